The van der Waals surface area contributed by atoms with Crippen LogP contribution in [-0.4, -0.2) is 31.2 Å². The molecule has 0 saturated heterocycles. The smallest absolute Gasteiger partial charge is 0.185 e. The number of rotatable bonds is 6. The van der Waals surface area contributed by atoms with Crippen LogP contribution < -0.4 is 10.2 Å². The largest absolute Gasteiger partial charge is 0.378 e. The molecule has 104 valence electrons. The van der Waals surface area contributed by atoms with Crippen LogP contribution in [0.2, 0.25) is 0 Å². The molecule has 0 unspecified atom stereocenters. The molecular formula is C13H25N3OS. The quantitative estimate of drug-likeness (QED) is 0.863. The second kappa shape index (κ2) is 6.50. The summed E-state index contributed by atoms with van der Waals surface area (Å²) in [6, 6.07) is 0. The summed E-state index contributed by atoms with van der Waals surface area (Å²) in [7, 11) is 3.78. The first-order chi connectivity index (χ1) is 8.37. The molecule has 0 amide bonds. The third kappa shape index (κ3) is 4.55. The number of aromatic nitrogens is 1. The van der Waals surface area contributed by atoms with Crippen molar-refractivity contribution in [3.05, 3.63) is 10.6 Å². The van der Waals surface area contributed by atoms with Gasteiger partial charge in [-0.1, -0.05) is 0 Å². The molecule has 1 heterocycles. The summed E-state index contributed by atoms with van der Waals surface area (Å²) in [6.45, 7) is 11.0. The highest BCUT2D eigenvalue weighted by Crippen LogP contribution is 2.26. The van der Waals surface area contributed by atoms with E-state index in [1.54, 1.807) is 18.4 Å². The van der Waals surface area contributed by atoms with Crippen molar-refractivity contribution in [2.45, 2.75) is 46.4 Å². The molecule has 0 fully saturated rings. The van der Waals surface area contributed by atoms with Crippen LogP contribution in [0.15, 0.2) is 0 Å². The normalized spacial score (nSPS) is 11.9. The molecule has 0 atom stereocenters. The molecule has 0 saturated carbocycles. The Morgan fingerprint density at radius 2 is 2.06 bits per heavy atom. The lowest BCUT2D eigenvalue weighted by atomic mass is 10.1. The zero-order valence-electron chi connectivity index (χ0n) is 12.3. The van der Waals surface area contributed by atoms with Gasteiger partial charge >= 0.3 is 0 Å². The molecule has 0 aliphatic carbocycles. The van der Waals surface area contributed by atoms with Gasteiger partial charge in [-0.3, -0.25) is 0 Å². The highest BCUT2D eigenvalue weighted by molar-refractivity contribution is 7.15. The van der Waals surface area contributed by atoms with Gasteiger partial charge in [-0.25, -0.2) is 4.98 Å². The number of nitrogens with zero attached hydrogens (tertiary/aromatic N) is 2. The Morgan fingerprint density at radius 3 is 2.56 bits per heavy atom. The third-order valence-corrected chi connectivity index (χ3v) is 3.84. The first-order valence-corrected chi connectivity index (χ1v) is 7.12. The van der Waals surface area contributed by atoms with E-state index in [0.717, 1.165) is 23.9 Å². The summed E-state index contributed by atoms with van der Waals surface area (Å²) >= 11 is 1.75. The van der Waals surface area contributed by atoms with E-state index in [9.17, 15) is 0 Å². The lowest BCUT2D eigenvalue weighted by molar-refractivity contribution is 0.181. The Labute approximate surface area is 114 Å². The monoisotopic (exact) mass is 271 g/mol. The standard InChI is InChI=1S/C13H25N3OS/c1-7-16(5)12-15-10(9-17-6)11(18-12)8-14-13(2,3)4/h14H,7-9H2,1-6H3. The van der Waals surface area contributed by atoms with Crippen molar-refractivity contribution >= 4 is 16.5 Å². The molecule has 1 aromatic rings. The van der Waals surface area contributed by atoms with Crippen molar-refractivity contribution in [2.24, 2.45) is 0 Å². The summed E-state index contributed by atoms with van der Waals surface area (Å²) in [4.78, 5) is 8.07. The predicted molar refractivity (Wildman–Crippen MR) is 78.4 cm³/mol. The number of anilines is 1. The zero-order valence-corrected chi connectivity index (χ0v) is 13.1. The van der Waals surface area contributed by atoms with Crippen molar-refractivity contribution < 1.29 is 4.74 Å². The molecule has 1 N–H and O–H groups in total. The van der Waals surface area contributed by atoms with E-state index in [1.807, 2.05) is 0 Å². The highest BCUT2D eigenvalue weighted by atomic mass is 32.1. The van der Waals surface area contributed by atoms with Crippen LogP contribution in [-0.2, 0) is 17.9 Å². The van der Waals surface area contributed by atoms with E-state index >= 15 is 0 Å². The summed E-state index contributed by atoms with van der Waals surface area (Å²) in [5.41, 5.74) is 1.17. The van der Waals surface area contributed by atoms with Crippen LogP contribution in [0.25, 0.3) is 0 Å². The minimum absolute atomic E-state index is 0.116. The van der Waals surface area contributed by atoms with Crippen LogP contribution >= 0.6 is 11.3 Å². The summed E-state index contributed by atoms with van der Waals surface area (Å²) in [6.07, 6.45) is 0. The number of hydrogen-bond donors (Lipinski definition) is 1. The number of methoxy groups -OCH3 is 1. The van der Waals surface area contributed by atoms with Crippen molar-refractivity contribution in [2.75, 3.05) is 25.6 Å². The molecule has 1 rings (SSSR count). The average molecular weight is 271 g/mol. The average Bonchev–Trinajstić information content (AvgIpc) is 2.68. The van der Waals surface area contributed by atoms with Crippen molar-refractivity contribution in [3.63, 3.8) is 0 Å². The lowest BCUT2D eigenvalue weighted by Crippen LogP contribution is -2.35. The second-order valence-electron chi connectivity index (χ2n) is 5.42. The lowest BCUT2D eigenvalue weighted by Gasteiger charge is -2.20. The fraction of sp³-hybridized carbons (Fsp3) is 0.769. The molecule has 4 nitrogen and oxygen atoms in total. The number of ether oxygens (including phenoxy) is 1. The van der Waals surface area contributed by atoms with Crippen LogP contribution in [0.4, 0.5) is 5.13 Å². The molecule has 0 radical (unpaired) electrons. The van der Waals surface area contributed by atoms with Crippen LogP contribution in [0, 0.1) is 0 Å². The van der Waals surface area contributed by atoms with Gasteiger partial charge in [-0.05, 0) is 27.7 Å². The molecule has 0 aliphatic rings. The maximum absolute atomic E-state index is 5.23. The van der Waals surface area contributed by atoms with Gasteiger partial charge in [0.25, 0.3) is 0 Å². The second-order valence-corrected chi connectivity index (χ2v) is 6.48. The van der Waals surface area contributed by atoms with Crippen molar-refractivity contribution in [1.82, 2.24) is 10.3 Å². The van der Waals surface area contributed by atoms with Gasteiger partial charge in [-0.15, -0.1) is 11.3 Å². The topological polar surface area (TPSA) is 37.4 Å². The van der Waals surface area contributed by atoms with Gasteiger partial charge < -0.3 is 15.0 Å². The molecule has 0 bridgehead atoms. The maximum atomic E-state index is 5.23. The minimum Gasteiger partial charge on any atom is -0.378 e. The summed E-state index contributed by atoms with van der Waals surface area (Å²) < 4.78 is 5.23. The predicted octanol–water partition coefficient (Wildman–Crippen LogP) is 2.63. The zero-order chi connectivity index (χ0) is 13.8. The van der Waals surface area contributed by atoms with Crippen molar-refractivity contribution in [3.8, 4) is 0 Å². The summed E-state index contributed by atoms with van der Waals surface area (Å²) in [5, 5.41) is 4.57. The molecule has 0 spiro atoms. The van der Waals surface area contributed by atoms with Gasteiger partial charge in [0.1, 0.15) is 0 Å². The molecule has 18 heavy (non-hydrogen) atoms. The minimum atomic E-state index is 0.116. The number of hydrogen-bond acceptors (Lipinski definition) is 5. The van der Waals surface area contributed by atoms with Gasteiger partial charge in [0.15, 0.2) is 5.13 Å². The van der Waals surface area contributed by atoms with Crippen LogP contribution in [0.5, 0.6) is 0 Å². The maximum Gasteiger partial charge on any atom is 0.185 e. The van der Waals surface area contributed by atoms with Crippen molar-refractivity contribution in [1.29, 1.82) is 0 Å². The Morgan fingerprint density at radius 1 is 1.39 bits per heavy atom. The Hall–Kier alpha value is -0.650. The molecule has 0 aromatic carbocycles. The van der Waals surface area contributed by atoms with E-state index < -0.39 is 0 Å². The molecular weight excluding hydrogens is 246 g/mol. The van der Waals surface area contributed by atoms with Gasteiger partial charge in [0.05, 0.1) is 12.3 Å². The van der Waals surface area contributed by atoms with E-state index in [1.165, 1.54) is 4.88 Å². The Bertz CT molecular complexity index is 371. The first kappa shape index (κ1) is 15.4. The van der Waals surface area contributed by atoms with E-state index in [-0.39, 0.29) is 5.54 Å². The van der Waals surface area contributed by atoms with Gasteiger partial charge in [0.2, 0.25) is 0 Å². The third-order valence-electron chi connectivity index (χ3n) is 2.63. The highest BCUT2D eigenvalue weighted by Gasteiger charge is 2.16. The Balaban J connectivity index is 2.83. The van der Waals surface area contributed by atoms with E-state index in [0.29, 0.717) is 6.61 Å². The first-order valence-electron chi connectivity index (χ1n) is 6.31. The van der Waals surface area contributed by atoms with Gasteiger partial charge in [-0.2, -0.15) is 0 Å². The number of thiazole rings is 1. The Kier molecular flexibility index (Phi) is 5.56. The fourth-order valence-electron chi connectivity index (χ4n) is 1.40. The van der Waals surface area contributed by atoms with E-state index in [2.05, 4.69) is 49.9 Å². The number of nitrogens with one attached hydrogen (secondary N) is 1. The molecule has 5 heteroatoms. The molecule has 1 aromatic heterocycles. The van der Waals surface area contributed by atoms with E-state index in [4.69, 9.17) is 4.74 Å². The van der Waals surface area contributed by atoms with Crippen LogP contribution in [0.3, 0.4) is 0 Å². The summed E-state index contributed by atoms with van der Waals surface area (Å²) in [5.74, 6) is 0. The van der Waals surface area contributed by atoms with Crippen LogP contribution in [0.1, 0.15) is 38.3 Å². The van der Waals surface area contributed by atoms with Gasteiger partial charge in [0, 0.05) is 37.7 Å². The fourth-order valence-corrected chi connectivity index (χ4v) is 2.43. The SMILES string of the molecule is CCN(C)c1nc(COC)c(CNC(C)(C)C)s1. The molecule has 0 aliphatic heterocycles.